The Kier molecular flexibility index (Phi) is 10.7. The summed E-state index contributed by atoms with van der Waals surface area (Å²) in [5.74, 6) is -1.55. The highest BCUT2D eigenvalue weighted by Crippen LogP contribution is 2.37. The molecular weight excluding hydrogens is 796 g/mol. The fourth-order valence-corrected chi connectivity index (χ4v) is 9.34. The molecule has 4 aliphatic rings. The normalized spacial score (nSPS) is 22.9. The number of carbonyl (C=O) groups excluding carboxylic acids is 4. The second-order valence-electron chi connectivity index (χ2n) is 16.5. The van der Waals surface area contributed by atoms with Gasteiger partial charge < -0.3 is 25.8 Å². The third kappa shape index (κ3) is 7.90. The van der Waals surface area contributed by atoms with Crippen LogP contribution in [0.4, 0.5) is 30.4 Å². The van der Waals surface area contributed by atoms with Crippen LogP contribution < -0.4 is 20.9 Å². The lowest BCUT2D eigenvalue weighted by Gasteiger charge is -2.37. The van der Waals surface area contributed by atoms with Crippen LogP contribution in [0.15, 0.2) is 42.9 Å². The Hall–Kier alpha value is -6.34. The molecule has 1 aromatic carbocycles. The largest absolute Gasteiger partial charge is 0.380 e. The number of aromatic nitrogens is 7. The Morgan fingerprint density at radius 3 is 2.52 bits per heavy atom. The molecule has 3 saturated heterocycles. The maximum atomic E-state index is 14.3. The van der Waals surface area contributed by atoms with Gasteiger partial charge in [-0.1, -0.05) is 12.1 Å². The molecule has 4 amide bonds. The van der Waals surface area contributed by atoms with Crippen molar-refractivity contribution in [3.05, 3.63) is 59.8 Å². The molecule has 0 spiro atoms. The van der Waals surface area contributed by atoms with E-state index in [0.29, 0.717) is 56.7 Å². The van der Waals surface area contributed by atoms with Crippen molar-refractivity contribution in [1.29, 1.82) is 5.41 Å². The Balaban J connectivity index is 0.800. The van der Waals surface area contributed by atoms with E-state index in [4.69, 9.17) is 10.5 Å². The molecular formula is C41H46F3N13O4. The number of carbonyl (C=O) groups is 4. The minimum Gasteiger partial charge on any atom is -0.380 e. The first-order valence-corrected chi connectivity index (χ1v) is 20.7. The van der Waals surface area contributed by atoms with Crippen molar-refractivity contribution in [2.24, 2.45) is 13.0 Å². The average Bonchev–Trinajstić information content (AvgIpc) is 3.96. The number of hydrogen-bond acceptors (Lipinski definition) is 11. The maximum Gasteiger partial charge on any atom is 0.284 e. The fraction of sp³-hybridized carbons (Fsp3) is 0.488. The van der Waals surface area contributed by atoms with Gasteiger partial charge in [-0.15, -0.1) is 0 Å². The number of benzene rings is 1. The number of piperidine rings is 3. The molecule has 320 valence electrons. The van der Waals surface area contributed by atoms with Gasteiger partial charge in [-0.05, 0) is 57.1 Å². The molecule has 5 aromatic rings. The number of nitrogens with zero attached hydrogens (tertiary/aromatic N) is 9. The van der Waals surface area contributed by atoms with Crippen molar-refractivity contribution < 1.29 is 32.3 Å². The van der Waals surface area contributed by atoms with Gasteiger partial charge in [-0.2, -0.15) is 15.3 Å². The lowest BCUT2D eigenvalue weighted by atomic mass is 9.84. The van der Waals surface area contributed by atoms with Gasteiger partial charge in [-0.25, -0.2) is 22.7 Å². The average molecular weight is 842 g/mol. The number of fused-ring (bicyclic) bond motifs is 2. The van der Waals surface area contributed by atoms with E-state index in [0.717, 1.165) is 29.4 Å². The van der Waals surface area contributed by atoms with Crippen LogP contribution in [0.25, 0.3) is 16.6 Å². The molecule has 9 rings (SSSR count). The highest BCUT2D eigenvalue weighted by atomic mass is 19.3. The molecule has 1 unspecified atom stereocenters. The molecule has 2 atom stereocenters. The van der Waals surface area contributed by atoms with E-state index >= 15 is 0 Å². The van der Waals surface area contributed by atoms with Crippen LogP contribution in [0.1, 0.15) is 97.9 Å². The lowest BCUT2D eigenvalue weighted by Crippen LogP contribution is -2.45. The number of nitrogens with one attached hydrogen (secondary N) is 4. The van der Waals surface area contributed by atoms with Gasteiger partial charge in [0.25, 0.3) is 12.3 Å². The number of halogens is 3. The second-order valence-corrected chi connectivity index (χ2v) is 16.5. The summed E-state index contributed by atoms with van der Waals surface area (Å²) >= 11 is 0. The molecule has 4 N–H and O–H groups in total. The Labute approximate surface area is 347 Å². The number of imide groups is 1. The fourth-order valence-electron chi connectivity index (χ4n) is 9.34. The summed E-state index contributed by atoms with van der Waals surface area (Å²) in [5, 5.41) is 30.5. The SMILES string of the molecule is Cn1nc(C2CCC(=O)NC2=O)c2cccc(NC3CCN(C(=O)C4CCC(n5cc(NC(=O)c6cnn7ccc(N8CC(=N)C[C@@H](F)C8)nc67)c(C(F)F)n5)CC4)CC3)c21. The molecule has 4 fully saturated rings. The van der Waals surface area contributed by atoms with E-state index < -0.39 is 30.1 Å². The van der Waals surface area contributed by atoms with E-state index in [9.17, 15) is 32.3 Å². The maximum absolute atomic E-state index is 14.3. The van der Waals surface area contributed by atoms with E-state index in [1.165, 1.54) is 21.6 Å². The Morgan fingerprint density at radius 2 is 1.79 bits per heavy atom. The Morgan fingerprint density at radius 1 is 1.00 bits per heavy atom. The second kappa shape index (κ2) is 16.3. The number of aryl methyl sites for hydroxylation is 1. The molecule has 1 saturated carbocycles. The van der Waals surface area contributed by atoms with Gasteiger partial charge in [0.2, 0.25) is 17.7 Å². The highest BCUT2D eigenvalue weighted by Gasteiger charge is 2.35. The topological polar surface area (TPSA) is 201 Å². The smallest absolute Gasteiger partial charge is 0.284 e. The van der Waals surface area contributed by atoms with Gasteiger partial charge in [0.05, 0.1) is 53.8 Å². The predicted molar refractivity (Wildman–Crippen MR) is 218 cm³/mol. The predicted octanol–water partition coefficient (Wildman–Crippen LogP) is 4.92. The van der Waals surface area contributed by atoms with Crippen molar-refractivity contribution in [2.45, 2.75) is 88.4 Å². The standard InChI is InChI=1S/C41H46F3N13O4/c1-53-36-27(34(51-53)28-9-10-33(58)50-39(28)59)3-2-4-30(36)47-25-11-14-54(15-12-25)41(61)22-5-7-26(8-6-22)57-21-31(35(52-57)37(43)44)48-40(60)29-18-46-56-16-13-32(49-38(29)56)55-19-23(42)17-24(45)20-55/h2-4,13,16,18,21-23,25-26,28,37,45,47H,5-12,14-15,17,19-20H2,1H3,(H,48,60)(H,50,58,59)/t22?,23-,26?,28?/m1/s1. The zero-order valence-corrected chi connectivity index (χ0v) is 33.5. The van der Waals surface area contributed by atoms with Crippen LogP contribution in [-0.4, -0.2) is 107 Å². The third-order valence-corrected chi connectivity index (χ3v) is 12.5. The number of rotatable bonds is 9. The van der Waals surface area contributed by atoms with Gasteiger partial charge >= 0.3 is 0 Å². The summed E-state index contributed by atoms with van der Waals surface area (Å²) in [6.07, 6.45) is 4.56. The van der Waals surface area contributed by atoms with Crippen LogP contribution in [0.3, 0.4) is 0 Å². The van der Waals surface area contributed by atoms with E-state index in [1.54, 1.807) is 21.8 Å². The van der Waals surface area contributed by atoms with Crippen LogP contribution in [0.5, 0.6) is 0 Å². The van der Waals surface area contributed by atoms with E-state index in [-0.39, 0.29) is 84.3 Å². The Bertz CT molecular complexity index is 2540. The van der Waals surface area contributed by atoms with Gasteiger partial charge in [0.1, 0.15) is 17.6 Å². The molecule has 1 aliphatic carbocycles. The minimum absolute atomic E-state index is 0.0314. The molecule has 17 nitrogen and oxygen atoms in total. The summed E-state index contributed by atoms with van der Waals surface area (Å²) < 4.78 is 47.4. The van der Waals surface area contributed by atoms with Crippen LogP contribution >= 0.6 is 0 Å². The van der Waals surface area contributed by atoms with Crippen LogP contribution in [0, 0.1) is 11.3 Å². The van der Waals surface area contributed by atoms with Crippen LogP contribution in [0.2, 0.25) is 0 Å². The first-order valence-electron chi connectivity index (χ1n) is 20.7. The summed E-state index contributed by atoms with van der Waals surface area (Å²) in [6, 6.07) is 7.34. The number of para-hydroxylation sites is 1. The van der Waals surface area contributed by atoms with Crippen molar-refractivity contribution >= 4 is 63.1 Å². The monoisotopic (exact) mass is 841 g/mol. The van der Waals surface area contributed by atoms with Crippen molar-refractivity contribution in [2.75, 3.05) is 41.7 Å². The summed E-state index contributed by atoms with van der Waals surface area (Å²) in [6.45, 7) is 1.43. The third-order valence-electron chi connectivity index (χ3n) is 12.5. The number of alkyl halides is 3. The molecule has 0 bridgehead atoms. The van der Waals surface area contributed by atoms with Crippen molar-refractivity contribution in [1.82, 2.24) is 44.4 Å². The first-order chi connectivity index (χ1) is 29.4. The van der Waals surface area contributed by atoms with Crippen molar-refractivity contribution in [3.63, 3.8) is 0 Å². The molecule has 7 heterocycles. The minimum atomic E-state index is -2.96. The molecule has 61 heavy (non-hydrogen) atoms. The van der Waals surface area contributed by atoms with Crippen LogP contribution in [-0.2, 0) is 21.4 Å². The number of anilines is 3. The molecule has 0 radical (unpaired) electrons. The van der Waals surface area contributed by atoms with Gasteiger partial charge in [-0.3, -0.25) is 33.9 Å². The summed E-state index contributed by atoms with van der Waals surface area (Å²) in [4.78, 5) is 59.6. The zero-order chi connectivity index (χ0) is 42.5. The van der Waals surface area contributed by atoms with Crippen molar-refractivity contribution in [3.8, 4) is 0 Å². The lowest BCUT2D eigenvalue weighted by molar-refractivity contribution is -0.138. The molecule has 20 heteroatoms. The zero-order valence-electron chi connectivity index (χ0n) is 33.5. The van der Waals surface area contributed by atoms with E-state index in [1.807, 2.05) is 30.1 Å². The first kappa shape index (κ1) is 40.1. The van der Waals surface area contributed by atoms with E-state index in [2.05, 4.69) is 31.1 Å². The van der Waals surface area contributed by atoms with Gasteiger partial charge in [0.15, 0.2) is 11.3 Å². The number of likely N-dealkylation sites (tertiary alicyclic amines) is 1. The van der Waals surface area contributed by atoms with Gasteiger partial charge in [0, 0.05) is 68.4 Å². The summed E-state index contributed by atoms with van der Waals surface area (Å²) in [5.41, 5.74) is 2.13. The summed E-state index contributed by atoms with van der Waals surface area (Å²) in [7, 11) is 1.84. The quantitative estimate of drug-likeness (QED) is 0.148. The number of hydrogen-bond donors (Lipinski definition) is 4. The highest BCUT2D eigenvalue weighted by molar-refractivity contribution is 6.08. The molecule has 4 aromatic heterocycles. The number of amides is 4. The molecule has 3 aliphatic heterocycles.